The van der Waals surface area contributed by atoms with Crippen LogP contribution in [0.3, 0.4) is 0 Å². The molecule has 0 unspecified atom stereocenters. The minimum Gasteiger partial charge on any atom is -0.456 e. The Bertz CT molecular complexity index is 2990. The Morgan fingerprint density at radius 3 is 1.40 bits per heavy atom. The molecule has 3 heterocycles. The van der Waals surface area contributed by atoms with Crippen molar-refractivity contribution >= 4 is 93.8 Å². The Kier molecular flexibility index (Phi) is 6.35. The number of fused-ring (bicyclic) bond motifs is 8. The Morgan fingerprint density at radius 2 is 0.846 bits per heavy atom. The molecule has 0 bridgehead atoms. The normalized spacial score (nSPS) is 11.8. The Morgan fingerprint density at radius 1 is 0.365 bits per heavy atom. The SMILES string of the molecule is c1ccc(-c2nnc(-c3ccc(N(c4ccc5cc6oc7ccccc7c6cc5c4)c4ccc5cc6oc7ccccc7c6cc5c4)cc3)s2)cc1. The number of para-hydroxylation sites is 2. The van der Waals surface area contributed by atoms with Crippen molar-refractivity contribution < 1.29 is 8.83 Å². The van der Waals surface area contributed by atoms with E-state index in [1.807, 2.05) is 42.5 Å². The number of anilines is 3. The molecule has 0 saturated carbocycles. The van der Waals surface area contributed by atoms with E-state index in [1.165, 1.54) is 0 Å². The topological polar surface area (TPSA) is 55.3 Å². The second-order valence-electron chi connectivity index (χ2n) is 13.1. The second kappa shape index (κ2) is 11.4. The van der Waals surface area contributed by atoms with Crippen molar-refractivity contribution in [1.82, 2.24) is 10.2 Å². The molecule has 6 heteroatoms. The molecule has 0 aliphatic carbocycles. The molecule has 0 radical (unpaired) electrons. The monoisotopic (exact) mass is 685 g/mol. The van der Waals surface area contributed by atoms with E-state index in [0.717, 1.165) is 104 Å². The predicted octanol–water partition coefficient (Wildman–Crippen LogP) is 13.4. The summed E-state index contributed by atoms with van der Waals surface area (Å²) < 4.78 is 12.4. The average Bonchev–Trinajstić information content (AvgIpc) is 3.93. The minimum absolute atomic E-state index is 0.890. The maximum absolute atomic E-state index is 6.22. The van der Waals surface area contributed by atoms with E-state index in [9.17, 15) is 0 Å². The van der Waals surface area contributed by atoms with E-state index in [4.69, 9.17) is 8.83 Å². The van der Waals surface area contributed by atoms with Crippen LogP contribution < -0.4 is 4.90 Å². The van der Waals surface area contributed by atoms with Gasteiger partial charge in [0.2, 0.25) is 0 Å². The molecule has 0 spiro atoms. The highest BCUT2D eigenvalue weighted by molar-refractivity contribution is 7.17. The molecule has 0 saturated heterocycles. The number of aromatic nitrogens is 2. The standard InChI is InChI=1S/C46H27N3O2S/c1-2-8-28(9-3-1)45-47-48-46(52-45)29-14-18-34(19-15-29)49(35-20-16-30-26-43-39(24-32(30)22-35)37-10-4-6-12-41(37)50-43)36-21-17-31-27-44-40(25-33(31)23-36)38-11-5-7-13-42(38)51-44/h1-27H. The zero-order valence-electron chi connectivity index (χ0n) is 27.7. The maximum atomic E-state index is 6.22. The highest BCUT2D eigenvalue weighted by Gasteiger charge is 2.17. The van der Waals surface area contributed by atoms with Gasteiger partial charge in [0.1, 0.15) is 32.3 Å². The minimum atomic E-state index is 0.890. The first-order chi connectivity index (χ1) is 25.7. The fraction of sp³-hybridized carbons (Fsp3) is 0. The lowest BCUT2D eigenvalue weighted by atomic mass is 10.0. The van der Waals surface area contributed by atoms with Gasteiger partial charge in [-0.1, -0.05) is 90.2 Å². The summed E-state index contributed by atoms with van der Waals surface area (Å²) in [7, 11) is 0. The van der Waals surface area contributed by atoms with Gasteiger partial charge in [0.25, 0.3) is 0 Å². The van der Waals surface area contributed by atoms with Crippen molar-refractivity contribution in [2.24, 2.45) is 0 Å². The Balaban J connectivity index is 1.06. The summed E-state index contributed by atoms with van der Waals surface area (Å²) in [6, 6.07) is 57.4. The molecular formula is C46H27N3O2S. The maximum Gasteiger partial charge on any atom is 0.148 e. The molecule has 52 heavy (non-hydrogen) atoms. The molecule has 3 aromatic heterocycles. The zero-order chi connectivity index (χ0) is 34.2. The van der Waals surface area contributed by atoms with Gasteiger partial charge in [-0.15, -0.1) is 10.2 Å². The van der Waals surface area contributed by atoms with Crippen LogP contribution in [0.15, 0.2) is 173 Å². The summed E-state index contributed by atoms with van der Waals surface area (Å²) in [6.07, 6.45) is 0. The predicted molar refractivity (Wildman–Crippen MR) is 215 cm³/mol. The third-order valence-electron chi connectivity index (χ3n) is 9.97. The van der Waals surface area contributed by atoms with Crippen molar-refractivity contribution in [1.29, 1.82) is 0 Å². The van der Waals surface area contributed by atoms with Crippen LogP contribution in [0.25, 0.3) is 86.6 Å². The molecule has 5 nitrogen and oxygen atoms in total. The number of benzene rings is 8. The van der Waals surface area contributed by atoms with Crippen LogP contribution in [-0.2, 0) is 0 Å². The Labute approximate surface area is 301 Å². The first kappa shape index (κ1) is 29.0. The summed E-state index contributed by atoms with van der Waals surface area (Å²) >= 11 is 1.60. The van der Waals surface area contributed by atoms with E-state index in [0.29, 0.717) is 0 Å². The van der Waals surface area contributed by atoms with E-state index < -0.39 is 0 Å². The number of rotatable bonds is 5. The molecule has 0 fully saturated rings. The van der Waals surface area contributed by atoms with E-state index in [1.54, 1.807) is 11.3 Å². The lowest BCUT2D eigenvalue weighted by molar-refractivity contribution is 0.669. The molecule has 11 aromatic rings. The fourth-order valence-corrected chi connectivity index (χ4v) is 8.28. The quantitative estimate of drug-likeness (QED) is 0.180. The highest BCUT2D eigenvalue weighted by atomic mass is 32.1. The van der Waals surface area contributed by atoms with Gasteiger partial charge in [-0.25, -0.2) is 0 Å². The molecule has 0 N–H and O–H groups in total. The smallest absolute Gasteiger partial charge is 0.148 e. The van der Waals surface area contributed by atoms with E-state index >= 15 is 0 Å². The van der Waals surface area contributed by atoms with Crippen molar-refractivity contribution in [2.75, 3.05) is 4.90 Å². The van der Waals surface area contributed by atoms with Gasteiger partial charge in [0.05, 0.1) is 0 Å². The molecule has 0 amide bonds. The highest BCUT2D eigenvalue weighted by Crippen LogP contribution is 2.41. The van der Waals surface area contributed by atoms with Crippen LogP contribution in [0, 0.1) is 0 Å². The van der Waals surface area contributed by atoms with Gasteiger partial charge in [-0.3, -0.25) is 0 Å². The van der Waals surface area contributed by atoms with Crippen molar-refractivity contribution in [2.45, 2.75) is 0 Å². The zero-order valence-corrected chi connectivity index (χ0v) is 28.5. The largest absolute Gasteiger partial charge is 0.456 e. The van der Waals surface area contributed by atoms with Crippen molar-refractivity contribution in [3.05, 3.63) is 164 Å². The molecule has 11 rings (SSSR count). The molecular weight excluding hydrogens is 659 g/mol. The van der Waals surface area contributed by atoms with Gasteiger partial charge in [0.15, 0.2) is 0 Å². The second-order valence-corrected chi connectivity index (χ2v) is 14.1. The van der Waals surface area contributed by atoms with Crippen LogP contribution in [-0.4, -0.2) is 10.2 Å². The number of nitrogens with zero attached hydrogens (tertiary/aromatic N) is 3. The van der Waals surface area contributed by atoms with Gasteiger partial charge in [-0.05, 0) is 106 Å². The average molecular weight is 686 g/mol. The summed E-state index contributed by atoms with van der Waals surface area (Å²) in [6.45, 7) is 0. The number of hydrogen-bond acceptors (Lipinski definition) is 6. The van der Waals surface area contributed by atoms with Crippen LogP contribution in [0.5, 0.6) is 0 Å². The van der Waals surface area contributed by atoms with Crippen molar-refractivity contribution in [3.63, 3.8) is 0 Å². The van der Waals surface area contributed by atoms with Crippen LogP contribution in [0.4, 0.5) is 17.1 Å². The summed E-state index contributed by atoms with van der Waals surface area (Å²) in [5, 5.41) is 19.9. The van der Waals surface area contributed by atoms with Gasteiger partial charge < -0.3 is 13.7 Å². The number of furan rings is 2. The lowest BCUT2D eigenvalue weighted by Gasteiger charge is -2.26. The van der Waals surface area contributed by atoms with Crippen LogP contribution >= 0.6 is 11.3 Å². The van der Waals surface area contributed by atoms with E-state index in [2.05, 4.69) is 136 Å². The third kappa shape index (κ3) is 4.69. The van der Waals surface area contributed by atoms with Crippen LogP contribution in [0.2, 0.25) is 0 Å². The Hall–Kier alpha value is -6.76. The van der Waals surface area contributed by atoms with E-state index in [-0.39, 0.29) is 0 Å². The molecule has 244 valence electrons. The first-order valence-electron chi connectivity index (χ1n) is 17.2. The fourth-order valence-electron chi connectivity index (χ4n) is 7.43. The summed E-state index contributed by atoms with van der Waals surface area (Å²) in [4.78, 5) is 2.33. The van der Waals surface area contributed by atoms with Gasteiger partial charge in [-0.2, -0.15) is 0 Å². The molecule has 8 aromatic carbocycles. The van der Waals surface area contributed by atoms with Gasteiger partial charge in [0, 0.05) is 49.7 Å². The van der Waals surface area contributed by atoms with Gasteiger partial charge >= 0.3 is 0 Å². The molecule has 0 aliphatic heterocycles. The molecule has 0 aliphatic rings. The summed E-state index contributed by atoms with van der Waals surface area (Å²) in [5.74, 6) is 0. The van der Waals surface area contributed by atoms with Crippen LogP contribution in [0.1, 0.15) is 0 Å². The lowest BCUT2D eigenvalue weighted by Crippen LogP contribution is -2.09. The first-order valence-corrected chi connectivity index (χ1v) is 18.0. The third-order valence-corrected chi connectivity index (χ3v) is 11.0. The number of hydrogen-bond donors (Lipinski definition) is 0. The molecule has 0 atom stereocenters. The van der Waals surface area contributed by atoms with Crippen molar-refractivity contribution in [3.8, 4) is 21.1 Å². The summed E-state index contributed by atoms with van der Waals surface area (Å²) in [5.41, 5.74) is 8.86.